The van der Waals surface area contributed by atoms with Crippen molar-refractivity contribution in [2.75, 3.05) is 6.54 Å². The van der Waals surface area contributed by atoms with Crippen molar-refractivity contribution in [3.63, 3.8) is 0 Å². The molecular weight excluding hydrogens is 360 g/mol. The van der Waals surface area contributed by atoms with Crippen LogP contribution in [-0.4, -0.2) is 18.5 Å². The third kappa shape index (κ3) is 4.07. The number of carbonyl (C=O) groups excluding carboxylic acids is 1. The molecule has 1 unspecified atom stereocenters. The van der Waals surface area contributed by atoms with Crippen LogP contribution >= 0.6 is 31.9 Å². The van der Waals surface area contributed by atoms with E-state index in [-0.39, 0.29) is 11.9 Å². The highest BCUT2D eigenvalue weighted by atomic mass is 79.9. The molecular formula is C13H16Br2N2O. The fourth-order valence-corrected chi connectivity index (χ4v) is 3.11. The zero-order valence-electron chi connectivity index (χ0n) is 10.2. The molecule has 2 N–H and O–H groups in total. The molecule has 1 aliphatic carbocycles. The zero-order chi connectivity index (χ0) is 13.1. The van der Waals surface area contributed by atoms with Gasteiger partial charge in [-0.15, -0.1) is 0 Å². The lowest BCUT2D eigenvalue weighted by atomic mass is 10.1. The Bertz CT molecular complexity index is 447. The van der Waals surface area contributed by atoms with Gasteiger partial charge in [-0.3, -0.25) is 4.79 Å². The third-order valence-electron chi connectivity index (χ3n) is 2.94. The second-order valence-electron chi connectivity index (χ2n) is 4.61. The molecule has 0 radical (unpaired) electrons. The van der Waals surface area contributed by atoms with Crippen LogP contribution in [-0.2, 0) is 4.79 Å². The predicted molar refractivity (Wildman–Crippen MR) is 79.4 cm³/mol. The molecule has 1 atom stereocenters. The Labute approximate surface area is 124 Å². The number of hydrogen-bond donors (Lipinski definition) is 2. The lowest BCUT2D eigenvalue weighted by Gasteiger charge is -2.16. The molecule has 0 aliphatic heterocycles. The number of hydrogen-bond acceptors (Lipinski definition) is 2. The van der Waals surface area contributed by atoms with Gasteiger partial charge in [-0.1, -0.05) is 37.9 Å². The van der Waals surface area contributed by atoms with E-state index in [2.05, 4.69) is 49.4 Å². The standard InChI is InChI=1S/C13H16Br2N2O/c1-8(11-5-2-9(14)6-12(11)15)16-7-13(18)17-10-3-4-10/h2,5-6,8,10,16H,3-4,7H2,1H3,(H,17,18). The van der Waals surface area contributed by atoms with Crippen molar-refractivity contribution < 1.29 is 4.79 Å². The van der Waals surface area contributed by atoms with Crippen molar-refractivity contribution in [1.82, 2.24) is 10.6 Å². The molecule has 3 nitrogen and oxygen atoms in total. The number of halogens is 2. The number of rotatable bonds is 5. The van der Waals surface area contributed by atoms with Crippen LogP contribution in [0.1, 0.15) is 31.4 Å². The highest BCUT2D eigenvalue weighted by Crippen LogP contribution is 2.26. The first kappa shape index (κ1) is 14.0. The van der Waals surface area contributed by atoms with Gasteiger partial charge >= 0.3 is 0 Å². The van der Waals surface area contributed by atoms with Gasteiger partial charge in [0.2, 0.25) is 5.91 Å². The van der Waals surface area contributed by atoms with Crippen LogP contribution in [0, 0.1) is 0 Å². The number of benzene rings is 1. The smallest absolute Gasteiger partial charge is 0.234 e. The molecule has 5 heteroatoms. The minimum absolute atomic E-state index is 0.0811. The average molecular weight is 376 g/mol. The van der Waals surface area contributed by atoms with Crippen molar-refractivity contribution in [3.05, 3.63) is 32.7 Å². The quantitative estimate of drug-likeness (QED) is 0.829. The van der Waals surface area contributed by atoms with E-state index in [1.54, 1.807) is 0 Å². The van der Waals surface area contributed by atoms with Gasteiger partial charge in [0.25, 0.3) is 0 Å². The third-order valence-corrected chi connectivity index (χ3v) is 4.12. The lowest BCUT2D eigenvalue weighted by molar-refractivity contribution is -0.120. The molecule has 98 valence electrons. The van der Waals surface area contributed by atoms with Crippen molar-refractivity contribution in [3.8, 4) is 0 Å². The summed E-state index contributed by atoms with van der Waals surface area (Å²) in [5.41, 5.74) is 1.15. The van der Waals surface area contributed by atoms with E-state index in [4.69, 9.17) is 0 Å². The first-order valence-corrected chi connectivity index (χ1v) is 7.62. The molecule has 0 spiro atoms. The molecule has 2 rings (SSSR count). The van der Waals surface area contributed by atoms with Crippen LogP contribution in [0.25, 0.3) is 0 Å². The molecule has 0 saturated heterocycles. The molecule has 0 aromatic heterocycles. The van der Waals surface area contributed by atoms with E-state index in [0.29, 0.717) is 12.6 Å². The van der Waals surface area contributed by atoms with Gasteiger partial charge in [-0.25, -0.2) is 0 Å². The highest BCUT2D eigenvalue weighted by Gasteiger charge is 2.23. The summed E-state index contributed by atoms with van der Waals surface area (Å²) < 4.78 is 2.08. The molecule has 0 heterocycles. The van der Waals surface area contributed by atoms with E-state index in [1.165, 1.54) is 0 Å². The van der Waals surface area contributed by atoms with Crippen molar-refractivity contribution in [2.24, 2.45) is 0 Å². The first-order valence-electron chi connectivity index (χ1n) is 6.04. The van der Waals surface area contributed by atoms with Gasteiger partial charge in [-0.05, 0) is 37.5 Å². The maximum atomic E-state index is 11.6. The predicted octanol–water partition coefficient (Wildman–Crippen LogP) is 3.14. The van der Waals surface area contributed by atoms with E-state index >= 15 is 0 Å². The molecule has 1 aromatic rings. The zero-order valence-corrected chi connectivity index (χ0v) is 13.3. The SMILES string of the molecule is CC(NCC(=O)NC1CC1)c1ccc(Br)cc1Br. The number of carbonyl (C=O) groups is 1. The summed E-state index contributed by atoms with van der Waals surface area (Å²) in [6.07, 6.45) is 2.25. The van der Waals surface area contributed by atoms with Crippen LogP contribution in [0.3, 0.4) is 0 Å². The summed E-state index contributed by atoms with van der Waals surface area (Å²) in [5.74, 6) is 0.0811. The fraction of sp³-hybridized carbons (Fsp3) is 0.462. The second-order valence-corrected chi connectivity index (χ2v) is 6.38. The normalized spacial score (nSPS) is 16.4. The Hall–Kier alpha value is -0.390. The highest BCUT2D eigenvalue weighted by molar-refractivity contribution is 9.11. The Kier molecular flexibility index (Phi) is 4.81. The van der Waals surface area contributed by atoms with Gasteiger partial charge < -0.3 is 10.6 Å². The Morgan fingerprint density at radius 3 is 2.78 bits per heavy atom. The van der Waals surface area contributed by atoms with E-state index in [9.17, 15) is 4.79 Å². The molecule has 1 fully saturated rings. The minimum atomic E-state index is 0.0811. The topological polar surface area (TPSA) is 41.1 Å². The lowest BCUT2D eigenvalue weighted by Crippen LogP contribution is -2.36. The van der Waals surface area contributed by atoms with Gasteiger partial charge in [-0.2, -0.15) is 0 Å². The van der Waals surface area contributed by atoms with Gasteiger partial charge in [0, 0.05) is 21.0 Å². The fourth-order valence-electron chi connectivity index (χ4n) is 1.71. The summed E-state index contributed by atoms with van der Waals surface area (Å²) in [6, 6.07) is 6.62. The summed E-state index contributed by atoms with van der Waals surface area (Å²) in [6.45, 7) is 2.42. The Morgan fingerprint density at radius 1 is 1.44 bits per heavy atom. The van der Waals surface area contributed by atoms with E-state index < -0.39 is 0 Å². The van der Waals surface area contributed by atoms with Crippen LogP contribution in [0.15, 0.2) is 27.1 Å². The maximum Gasteiger partial charge on any atom is 0.234 e. The van der Waals surface area contributed by atoms with Crippen LogP contribution in [0.4, 0.5) is 0 Å². The first-order chi connectivity index (χ1) is 8.56. The molecule has 0 bridgehead atoms. The molecule has 1 saturated carbocycles. The number of amides is 1. The molecule has 1 aliphatic rings. The van der Waals surface area contributed by atoms with E-state index in [1.807, 2.05) is 18.2 Å². The summed E-state index contributed by atoms with van der Waals surface area (Å²) in [7, 11) is 0. The van der Waals surface area contributed by atoms with Gasteiger partial charge in [0.05, 0.1) is 6.54 Å². The summed E-state index contributed by atoms with van der Waals surface area (Å²) >= 11 is 6.96. The second kappa shape index (κ2) is 6.17. The van der Waals surface area contributed by atoms with Crippen LogP contribution in [0.5, 0.6) is 0 Å². The van der Waals surface area contributed by atoms with E-state index in [0.717, 1.165) is 27.4 Å². The molecule has 1 aromatic carbocycles. The van der Waals surface area contributed by atoms with Crippen molar-refractivity contribution in [1.29, 1.82) is 0 Å². The van der Waals surface area contributed by atoms with Crippen molar-refractivity contribution in [2.45, 2.75) is 31.8 Å². The van der Waals surface area contributed by atoms with Crippen LogP contribution < -0.4 is 10.6 Å². The Balaban J connectivity index is 1.86. The van der Waals surface area contributed by atoms with Gasteiger partial charge in [0.1, 0.15) is 0 Å². The molecule has 1 amide bonds. The van der Waals surface area contributed by atoms with Crippen LogP contribution in [0.2, 0.25) is 0 Å². The Morgan fingerprint density at radius 2 is 2.17 bits per heavy atom. The summed E-state index contributed by atoms with van der Waals surface area (Å²) in [4.78, 5) is 11.6. The molecule has 18 heavy (non-hydrogen) atoms. The van der Waals surface area contributed by atoms with Gasteiger partial charge in [0.15, 0.2) is 0 Å². The summed E-state index contributed by atoms with van der Waals surface area (Å²) in [5, 5.41) is 6.20. The average Bonchev–Trinajstić information content (AvgIpc) is 3.10. The largest absolute Gasteiger partial charge is 0.352 e. The monoisotopic (exact) mass is 374 g/mol. The maximum absolute atomic E-state index is 11.6. The number of nitrogens with one attached hydrogen (secondary N) is 2. The minimum Gasteiger partial charge on any atom is -0.352 e. The van der Waals surface area contributed by atoms with Crippen molar-refractivity contribution >= 4 is 37.8 Å².